The molecule has 0 radical (unpaired) electrons. The van der Waals surface area contributed by atoms with E-state index in [0.717, 1.165) is 0 Å². The van der Waals surface area contributed by atoms with Crippen molar-refractivity contribution in [2.75, 3.05) is 0 Å². The van der Waals surface area contributed by atoms with Crippen molar-refractivity contribution in [3.8, 4) is 0 Å². The van der Waals surface area contributed by atoms with E-state index < -0.39 is 5.97 Å². The molecule has 5 heteroatoms. The molecule has 2 rings (SSSR count). The highest BCUT2D eigenvalue weighted by molar-refractivity contribution is 5.97. The maximum atomic E-state index is 11.1. The fraction of sp³-hybridized carbons (Fsp3) is 0.200. The van der Waals surface area contributed by atoms with E-state index in [2.05, 4.69) is 32.3 Å². The molecule has 0 saturated carbocycles. The van der Waals surface area contributed by atoms with Crippen molar-refractivity contribution in [2.24, 2.45) is 10.9 Å². The first-order valence-electron chi connectivity index (χ1n) is 7.81. The van der Waals surface area contributed by atoms with Gasteiger partial charge in [-0.05, 0) is 35.2 Å². The molecule has 0 aliphatic rings. The number of hydrogen-bond acceptors (Lipinski definition) is 4. The fourth-order valence-corrected chi connectivity index (χ4v) is 2.29. The summed E-state index contributed by atoms with van der Waals surface area (Å²) in [6.07, 6.45) is 0. The van der Waals surface area contributed by atoms with E-state index in [1.54, 1.807) is 12.1 Å². The van der Waals surface area contributed by atoms with Gasteiger partial charge in [0.15, 0.2) is 0 Å². The van der Waals surface area contributed by atoms with Crippen LogP contribution < -0.4 is 5.90 Å². The first kappa shape index (κ1) is 18.4. The van der Waals surface area contributed by atoms with Crippen LogP contribution in [-0.2, 0) is 10.3 Å². The topological polar surface area (TPSA) is 84.9 Å². The lowest BCUT2D eigenvalue weighted by Crippen LogP contribution is -2.14. The molecule has 0 aliphatic carbocycles. The molecule has 3 N–H and O–H groups in total. The zero-order chi connectivity index (χ0) is 18.6. The summed E-state index contributed by atoms with van der Waals surface area (Å²) in [6.45, 7) is 10.3. The van der Waals surface area contributed by atoms with E-state index >= 15 is 0 Å². The van der Waals surface area contributed by atoms with Crippen LogP contribution in [0.3, 0.4) is 0 Å². The summed E-state index contributed by atoms with van der Waals surface area (Å²) in [6, 6.07) is 14.1. The summed E-state index contributed by atoms with van der Waals surface area (Å²) in [5.74, 6) is 4.57. The second-order valence-electron chi connectivity index (χ2n) is 6.69. The molecular weight excluding hydrogens is 316 g/mol. The van der Waals surface area contributed by atoms with Crippen LogP contribution in [0.15, 0.2) is 60.1 Å². The highest BCUT2D eigenvalue weighted by Gasteiger charge is 2.14. The standard InChI is InChI=1S/C20H22N2O3/c1-13(15-6-5-7-16(12-15)19(23)24)22-18(25-21)14-8-10-17(11-9-14)20(2,3)4/h5-12H,1,21H2,2-4H3,(H,23,24). The average molecular weight is 338 g/mol. The monoisotopic (exact) mass is 338 g/mol. The van der Waals surface area contributed by atoms with Gasteiger partial charge >= 0.3 is 5.97 Å². The molecule has 0 aliphatic heterocycles. The first-order chi connectivity index (χ1) is 11.7. The Balaban J connectivity index is 2.32. The molecule has 0 amide bonds. The van der Waals surface area contributed by atoms with Crippen LogP contribution in [0.2, 0.25) is 0 Å². The molecule has 0 bridgehead atoms. The molecule has 0 atom stereocenters. The van der Waals surface area contributed by atoms with Gasteiger partial charge in [-0.15, -0.1) is 0 Å². The van der Waals surface area contributed by atoms with Crippen molar-refractivity contribution in [1.82, 2.24) is 0 Å². The van der Waals surface area contributed by atoms with Gasteiger partial charge in [0.2, 0.25) is 5.90 Å². The predicted octanol–water partition coefficient (Wildman–Crippen LogP) is 3.99. The van der Waals surface area contributed by atoms with E-state index in [-0.39, 0.29) is 16.9 Å². The van der Waals surface area contributed by atoms with Gasteiger partial charge in [-0.1, -0.05) is 51.6 Å². The number of nitrogens with two attached hydrogens (primary N) is 1. The summed E-state index contributed by atoms with van der Waals surface area (Å²) in [7, 11) is 0. The maximum Gasteiger partial charge on any atom is 0.335 e. The van der Waals surface area contributed by atoms with Gasteiger partial charge in [0.05, 0.1) is 11.3 Å². The Hall–Kier alpha value is -2.92. The Morgan fingerprint density at radius 1 is 1.08 bits per heavy atom. The minimum Gasteiger partial charge on any atom is -0.478 e. The molecule has 0 unspecified atom stereocenters. The Bertz CT molecular complexity index is 816. The van der Waals surface area contributed by atoms with E-state index in [9.17, 15) is 4.79 Å². The number of carbonyl (C=O) groups is 1. The molecule has 0 aromatic heterocycles. The van der Waals surface area contributed by atoms with Crippen LogP contribution in [0.4, 0.5) is 0 Å². The summed E-state index contributed by atoms with van der Waals surface area (Å²) >= 11 is 0. The van der Waals surface area contributed by atoms with E-state index in [1.807, 2.05) is 24.3 Å². The van der Waals surface area contributed by atoms with Crippen LogP contribution >= 0.6 is 0 Å². The summed E-state index contributed by atoms with van der Waals surface area (Å²) < 4.78 is 0. The summed E-state index contributed by atoms with van der Waals surface area (Å²) in [5, 5.41) is 9.08. The number of nitrogens with zero attached hydrogens (tertiary/aromatic N) is 1. The zero-order valence-electron chi connectivity index (χ0n) is 14.6. The van der Waals surface area contributed by atoms with Crippen LogP contribution in [0.25, 0.3) is 5.70 Å². The first-order valence-corrected chi connectivity index (χ1v) is 7.81. The molecule has 0 fully saturated rings. The van der Waals surface area contributed by atoms with Crippen molar-refractivity contribution in [3.05, 3.63) is 77.4 Å². The smallest absolute Gasteiger partial charge is 0.335 e. The highest BCUT2D eigenvalue weighted by atomic mass is 16.6. The molecule has 130 valence electrons. The van der Waals surface area contributed by atoms with Crippen molar-refractivity contribution in [2.45, 2.75) is 26.2 Å². The van der Waals surface area contributed by atoms with E-state index in [0.29, 0.717) is 16.8 Å². The Morgan fingerprint density at radius 3 is 2.20 bits per heavy atom. The van der Waals surface area contributed by atoms with Crippen molar-refractivity contribution in [3.63, 3.8) is 0 Å². The van der Waals surface area contributed by atoms with Gasteiger partial charge < -0.3 is 9.94 Å². The van der Waals surface area contributed by atoms with Crippen LogP contribution in [0.5, 0.6) is 0 Å². The van der Waals surface area contributed by atoms with Gasteiger partial charge in [-0.2, -0.15) is 5.90 Å². The Labute approximate surface area is 147 Å². The van der Waals surface area contributed by atoms with Crippen LogP contribution in [0.1, 0.15) is 47.8 Å². The number of carboxylic acid groups (broad SMARTS) is 1. The fourth-order valence-electron chi connectivity index (χ4n) is 2.29. The lowest BCUT2D eigenvalue weighted by Gasteiger charge is -2.19. The molecule has 2 aromatic carbocycles. The molecule has 0 saturated heterocycles. The van der Waals surface area contributed by atoms with Crippen LogP contribution in [-0.4, -0.2) is 17.0 Å². The third-order valence-electron chi connectivity index (χ3n) is 3.79. The minimum atomic E-state index is -1.01. The summed E-state index contributed by atoms with van der Waals surface area (Å²) in [4.78, 5) is 20.3. The minimum absolute atomic E-state index is 0.0419. The van der Waals surface area contributed by atoms with Gasteiger partial charge in [0.25, 0.3) is 0 Å². The molecule has 25 heavy (non-hydrogen) atoms. The molecular formula is C20H22N2O3. The van der Waals surface area contributed by atoms with Crippen molar-refractivity contribution < 1.29 is 14.7 Å². The normalized spacial score (nSPS) is 11.9. The number of carboxylic acids is 1. The Morgan fingerprint density at radius 2 is 1.68 bits per heavy atom. The summed E-state index contributed by atoms with van der Waals surface area (Å²) in [5.41, 5.74) is 3.05. The number of benzene rings is 2. The number of hydrogen-bond donors (Lipinski definition) is 2. The van der Waals surface area contributed by atoms with Crippen molar-refractivity contribution in [1.29, 1.82) is 0 Å². The third kappa shape index (κ3) is 4.55. The SMILES string of the molecule is C=C(N=C(ON)c1ccc(C(C)(C)C)cc1)c1cccc(C(=O)O)c1. The molecule has 5 nitrogen and oxygen atoms in total. The predicted molar refractivity (Wildman–Crippen MR) is 99.4 cm³/mol. The van der Waals surface area contributed by atoms with E-state index in [1.165, 1.54) is 17.7 Å². The highest BCUT2D eigenvalue weighted by Crippen LogP contribution is 2.23. The second kappa shape index (κ2) is 7.32. The van der Waals surface area contributed by atoms with Gasteiger partial charge in [-0.25, -0.2) is 9.79 Å². The zero-order valence-corrected chi connectivity index (χ0v) is 14.6. The van der Waals surface area contributed by atoms with Gasteiger partial charge in [-0.3, -0.25) is 0 Å². The maximum absolute atomic E-state index is 11.1. The van der Waals surface area contributed by atoms with Gasteiger partial charge in [0.1, 0.15) is 0 Å². The Kier molecular flexibility index (Phi) is 5.39. The molecule has 0 spiro atoms. The largest absolute Gasteiger partial charge is 0.478 e. The lowest BCUT2D eigenvalue weighted by atomic mass is 9.87. The van der Waals surface area contributed by atoms with Crippen LogP contribution in [0, 0.1) is 0 Å². The number of aliphatic imine (C=N–C) groups is 1. The quantitative estimate of drug-likeness (QED) is 0.501. The lowest BCUT2D eigenvalue weighted by molar-refractivity contribution is 0.0697. The number of aromatic carboxylic acids is 1. The second-order valence-corrected chi connectivity index (χ2v) is 6.69. The molecule has 0 heterocycles. The van der Waals surface area contributed by atoms with Crippen molar-refractivity contribution >= 4 is 17.6 Å². The average Bonchev–Trinajstić information content (AvgIpc) is 2.59. The van der Waals surface area contributed by atoms with E-state index in [4.69, 9.17) is 15.8 Å². The number of rotatable bonds is 4. The molecule has 2 aromatic rings. The third-order valence-corrected chi connectivity index (χ3v) is 3.79. The van der Waals surface area contributed by atoms with Gasteiger partial charge in [0, 0.05) is 11.1 Å².